The number of nitrogens with zero attached hydrogens (tertiary/aromatic N) is 4. The monoisotopic (exact) mass is 223 g/mol. The zero-order valence-corrected chi connectivity index (χ0v) is 8.96. The SMILES string of the molecule is CC(=O)OC1CN(CNc2ncncn2)C1. The molecule has 1 N–H and O–H groups in total. The van der Waals surface area contributed by atoms with Gasteiger partial charge in [0.15, 0.2) is 0 Å². The van der Waals surface area contributed by atoms with Crippen molar-refractivity contribution in [3.63, 3.8) is 0 Å². The Balaban J connectivity index is 1.65. The van der Waals surface area contributed by atoms with Crippen LogP contribution in [0.25, 0.3) is 0 Å². The molecule has 16 heavy (non-hydrogen) atoms. The number of carbonyl (C=O) groups is 1. The highest BCUT2D eigenvalue weighted by atomic mass is 16.5. The molecule has 0 saturated carbocycles. The lowest BCUT2D eigenvalue weighted by molar-refractivity contribution is -0.154. The topological polar surface area (TPSA) is 80.2 Å². The minimum atomic E-state index is -0.227. The van der Waals surface area contributed by atoms with E-state index in [4.69, 9.17) is 4.74 Å². The van der Waals surface area contributed by atoms with Crippen molar-refractivity contribution in [2.45, 2.75) is 13.0 Å². The van der Waals surface area contributed by atoms with Crippen molar-refractivity contribution in [3.8, 4) is 0 Å². The minimum Gasteiger partial charge on any atom is -0.460 e. The van der Waals surface area contributed by atoms with Crippen molar-refractivity contribution in [2.75, 3.05) is 25.1 Å². The molecule has 1 aromatic rings. The van der Waals surface area contributed by atoms with Crippen molar-refractivity contribution in [1.82, 2.24) is 19.9 Å². The summed E-state index contributed by atoms with van der Waals surface area (Å²) in [5.74, 6) is 0.320. The summed E-state index contributed by atoms with van der Waals surface area (Å²) < 4.78 is 5.02. The van der Waals surface area contributed by atoms with Gasteiger partial charge in [0.05, 0.1) is 6.67 Å². The van der Waals surface area contributed by atoms with Crippen LogP contribution in [0, 0.1) is 0 Å². The first-order valence-electron chi connectivity index (χ1n) is 4.99. The maximum Gasteiger partial charge on any atom is 0.302 e. The van der Waals surface area contributed by atoms with Gasteiger partial charge in [-0.15, -0.1) is 0 Å². The molecule has 7 nitrogen and oxygen atoms in total. The number of hydrogen-bond acceptors (Lipinski definition) is 7. The zero-order chi connectivity index (χ0) is 11.4. The number of likely N-dealkylation sites (tertiary alicyclic amines) is 1. The van der Waals surface area contributed by atoms with Crippen LogP contribution in [-0.4, -0.2) is 51.7 Å². The number of nitrogens with one attached hydrogen (secondary N) is 1. The van der Waals surface area contributed by atoms with Gasteiger partial charge in [-0.05, 0) is 0 Å². The highest BCUT2D eigenvalue weighted by Gasteiger charge is 2.28. The number of hydrogen-bond donors (Lipinski definition) is 1. The largest absolute Gasteiger partial charge is 0.460 e. The van der Waals surface area contributed by atoms with E-state index in [0.717, 1.165) is 13.1 Å². The van der Waals surface area contributed by atoms with E-state index in [1.165, 1.54) is 19.6 Å². The van der Waals surface area contributed by atoms with Gasteiger partial charge in [-0.1, -0.05) is 0 Å². The van der Waals surface area contributed by atoms with Gasteiger partial charge in [0.1, 0.15) is 18.8 Å². The molecule has 86 valence electrons. The zero-order valence-electron chi connectivity index (χ0n) is 8.96. The Kier molecular flexibility index (Phi) is 3.25. The summed E-state index contributed by atoms with van der Waals surface area (Å²) >= 11 is 0. The van der Waals surface area contributed by atoms with Crippen molar-refractivity contribution in [2.24, 2.45) is 0 Å². The number of ether oxygens (including phenoxy) is 1. The molecule has 0 atom stereocenters. The van der Waals surface area contributed by atoms with Crippen LogP contribution in [0.2, 0.25) is 0 Å². The molecule has 1 saturated heterocycles. The second kappa shape index (κ2) is 4.84. The molecular formula is C9H13N5O2. The highest BCUT2D eigenvalue weighted by molar-refractivity contribution is 5.66. The van der Waals surface area contributed by atoms with E-state index in [1.54, 1.807) is 0 Å². The molecule has 7 heteroatoms. The second-order valence-electron chi connectivity index (χ2n) is 3.56. The molecule has 0 spiro atoms. The Bertz CT molecular complexity index is 352. The summed E-state index contributed by atoms with van der Waals surface area (Å²) in [5, 5.41) is 3.04. The molecule has 1 fully saturated rings. The average molecular weight is 223 g/mol. The summed E-state index contributed by atoms with van der Waals surface area (Å²) in [6, 6.07) is 0. The lowest BCUT2D eigenvalue weighted by Crippen LogP contribution is -2.54. The second-order valence-corrected chi connectivity index (χ2v) is 3.56. The Morgan fingerprint density at radius 3 is 2.88 bits per heavy atom. The van der Waals surface area contributed by atoms with Crippen LogP contribution in [0.15, 0.2) is 12.7 Å². The predicted molar refractivity (Wildman–Crippen MR) is 55.4 cm³/mol. The maximum absolute atomic E-state index is 10.6. The Morgan fingerprint density at radius 1 is 1.56 bits per heavy atom. The molecule has 2 heterocycles. The third-order valence-electron chi connectivity index (χ3n) is 2.21. The van der Waals surface area contributed by atoms with E-state index < -0.39 is 0 Å². The third kappa shape index (κ3) is 2.86. The van der Waals surface area contributed by atoms with Crippen LogP contribution in [-0.2, 0) is 9.53 Å². The van der Waals surface area contributed by atoms with E-state index in [2.05, 4.69) is 25.2 Å². The van der Waals surface area contributed by atoms with E-state index in [1.807, 2.05) is 0 Å². The Labute approximate surface area is 92.9 Å². The van der Waals surface area contributed by atoms with Crippen molar-refractivity contribution >= 4 is 11.9 Å². The van der Waals surface area contributed by atoms with E-state index in [9.17, 15) is 4.79 Å². The number of anilines is 1. The number of aromatic nitrogens is 3. The summed E-state index contributed by atoms with van der Waals surface area (Å²) in [7, 11) is 0. The smallest absolute Gasteiger partial charge is 0.302 e. The fraction of sp³-hybridized carbons (Fsp3) is 0.556. The van der Waals surface area contributed by atoms with Crippen LogP contribution < -0.4 is 5.32 Å². The molecule has 1 aliphatic rings. The molecular weight excluding hydrogens is 210 g/mol. The van der Waals surface area contributed by atoms with E-state index in [0.29, 0.717) is 12.6 Å². The van der Waals surface area contributed by atoms with Gasteiger partial charge >= 0.3 is 5.97 Å². The summed E-state index contributed by atoms with van der Waals surface area (Å²) in [5.41, 5.74) is 0. The first-order valence-corrected chi connectivity index (χ1v) is 4.99. The van der Waals surface area contributed by atoms with Gasteiger partial charge < -0.3 is 10.1 Å². The van der Waals surface area contributed by atoms with Crippen LogP contribution in [0.3, 0.4) is 0 Å². The maximum atomic E-state index is 10.6. The minimum absolute atomic E-state index is 0.0256. The fourth-order valence-corrected chi connectivity index (χ4v) is 1.47. The molecule has 1 aromatic heterocycles. The van der Waals surface area contributed by atoms with Gasteiger partial charge in [-0.25, -0.2) is 15.0 Å². The Hall–Kier alpha value is -1.76. The Morgan fingerprint density at radius 2 is 2.25 bits per heavy atom. The van der Waals surface area contributed by atoms with Gasteiger partial charge in [-0.3, -0.25) is 9.69 Å². The first kappa shape index (κ1) is 10.7. The lowest BCUT2D eigenvalue weighted by Gasteiger charge is -2.37. The van der Waals surface area contributed by atoms with Crippen molar-refractivity contribution < 1.29 is 9.53 Å². The lowest BCUT2D eigenvalue weighted by atomic mass is 10.2. The molecule has 1 aliphatic heterocycles. The summed E-state index contributed by atoms with van der Waals surface area (Å²) in [4.78, 5) is 24.3. The van der Waals surface area contributed by atoms with Crippen molar-refractivity contribution in [1.29, 1.82) is 0 Å². The quantitative estimate of drug-likeness (QED) is 0.688. The standard InChI is InChI=1S/C9H13N5O2/c1-7(15)16-8-2-14(3-8)6-13-9-11-4-10-5-12-9/h4-5,8H,2-3,6H2,1H3,(H,10,11,12,13). The van der Waals surface area contributed by atoms with Gasteiger partial charge in [-0.2, -0.15) is 0 Å². The van der Waals surface area contributed by atoms with Crippen LogP contribution in [0.4, 0.5) is 5.95 Å². The molecule has 0 bridgehead atoms. The number of esters is 1. The van der Waals surface area contributed by atoms with Crippen LogP contribution >= 0.6 is 0 Å². The van der Waals surface area contributed by atoms with Crippen molar-refractivity contribution in [3.05, 3.63) is 12.7 Å². The molecule has 0 aliphatic carbocycles. The number of rotatable bonds is 4. The molecule has 0 radical (unpaired) electrons. The molecule has 0 unspecified atom stereocenters. The van der Waals surface area contributed by atoms with E-state index >= 15 is 0 Å². The fourth-order valence-electron chi connectivity index (χ4n) is 1.47. The van der Waals surface area contributed by atoms with Crippen LogP contribution in [0.1, 0.15) is 6.92 Å². The third-order valence-corrected chi connectivity index (χ3v) is 2.21. The van der Waals surface area contributed by atoms with Gasteiger partial charge in [0.2, 0.25) is 5.95 Å². The van der Waals surface area contributed by atoms with Gasteiger partial charge in [0, 0.05) is 20.0 Å². The normalized spacial score (nSPS) is 16.6. The van der Waals surface area contributed by atoms with Crippen LogP contribution in [0.5, 0.6) is 0 Å². The predicted octanol–water partition coefficient (Wildman–Crippen LogP) is -0.512. The molecule has 0 aromatic carbocycles. The summed E-state index contributed by atoms with van der Waals surface area (Å²) in [6.45, 7) is 3.56. The first-order chi connectivity index (χ1) is 7.74. The number of carbonyl (C=O) groups excluding carboxylic acids is 1. The van der Waals surface area contributed by atoms with E-state index in [-0.39, 0.29) is 12.1 Å². The average Bonchev–Trinajstić information content (AvgIpc) is 2.22. The highest BCUT2D eigenvalue weighted by Crippen LogP contribution is 2.11. The molecule has 2 rings (SSSR count). The summed E-state index contributed by atoms with van der Waals surface area (Å²) in [6.07, 6.45) is 2.90. The molecule has 0 amide bonds. The van der Waals surface area contributed by atoms with Gasteiger partial charge in [0.25, 0.3) is 0 Å².